The fraction of sp³-hybridized carbons (Fsp3) is 0. The van der Waals surface area contributed by atoms with E-state index < -0.39 is 0 Å². The molecule has 12 heavy (non-hydrogen) atoms. The molecule has 0 unspecified atom stereocenters. The normalized spacial score (nSPS) is 10.1. The van der Waals surface area contributed by atoms with Crippen LogP contribution < -0.4 is 0 Å². The van der Waals surface area contributed by atoms with Crippen molar-refractivity contribution in [1.29, 1.82) is 0 Å². The second-order valence-corrected chi connectivity index (χ2v) is 3.26. The molecule has 1 radical (unpaired) electrons. The zero-order valence-electron chi connectivity index (χ0n) is 6.25. The summed E-state index contributed by atoms with van der Waals surface area (Å²) in [7, 11) is 0. The van der Waals surface area contributed by atoms with Crippen LogP contribution in [0.25, 0.3) is 11.3 Å². The van der Waals surface area contributed by atoms with E-state index in [0.717, 1.165) is 15.8 Å². The minimum absolute atomic E-state index is 0.829. The van der Waals surface area contributed by atoms with Gasteiger partial charge in [-0.15, -0.1) is 0 Å². The molecule has 0 spiro atoms. The van der Waals surface area contributed by atoms with Crippen LogP contribution in [0.5, 0.6) is 0 Å². The Hall–Kier alpha value is -1.02. The molecule has 0 aliphatic rings. The maximum atomic E-state index is 5.18. The van der Waals surface area contributed by atoms with Gasteiger partial charge in [0.15, 0.2) is 6.26 Å². The van der Waals surface area contributed by atoms with Gasteiger partial charge in [0.2, 0.25) is 0 Å². The van der Waals surface area contributed by atoms with Gasteiger partial charge in [0.05, 0.1) is 4.47 Å². The third-order valence-corrected chi connectivity index (χ3v) is 2.19. The summed E-state index contributed by atoms with van der Waals surface area (Å²) in [6.45, 7) is 0. The maximum Gasteiger partial charge on any atom is 0.171 e. The van der Waals surface area contributed by atoms with Gasteiger partial charge < -0.3 is 4.42 Å². The van der Waals surface area contributed by atoms with Gasteiger partial charge in [0, 0.05) is 11.6 Å². The van der Waals surface area contributed by atoms with Crippen LogP contribution in [0.1, 0.15) is 0 Å². The highest BCUT2D eigenvalue weighted by molar-refractivity contribution is 9.10. The lowest BCUT2D eigenvalue weighted by molar-refractivity contribution is 0.572. The Morgan fingerprint density at radius 1 is 1.17 bits per heavy atom. The summed E-state index contributed by atoms with van der Waals surface area (Å²) in [5.74, 6) is 0.829. The van der Waals surface area contributed by atoms with Crippen molar-refractivity contribution in [2.75, 3.05) is 0 Å². The first kappa shape index (κ1) is 7.62. The van der Waals surface area contributed by atoms with Crippen molar-refractivity contribution >= 4 is 15.9 Å². The van der Waals surface area contributed by atoms with Crippen LogP contribution >= 0.6 is 15.9 Å². The number of halogens is 1. The van der Waals surface area contributed by atoms with Crippen molar-refractivity contribution < 1.29 is 4.42 Å². The highest BCUT2D eigenvalue weighted by atomic mass is 79.9. The molecule has 1 nitrogen and oxygen atoms in total. The number of hydrogen-bond acceptors (Lipinski definition) is 1. The van der Waals surface area contributed by atoms with Crippen molar-refractivity contribution in [1.82, 2.24) is 0 Å². The highest BCUT2D eigenvalue weighted by Gasteiger charge is 2.04. The molecule has 1 aromatic carbocycles. The molecule has 2 heteroatoms. The molecule has 1 aromatic heterocycles. The standard InChI is InChI=1S/C10H6BrO/c11-9-6-7-12-10(9)8-4-2-1-3-5-8/h1-6H. The molecular weight excluding hydrogens is 216 g/mol. The predicted molar refractivity (Wildman–Crippen MR) is 50.7 cm³/mol. The third kappa shape index (κ3) is 1.30. The van der Waals surface area contributed by atoms with Gasteiger partial charge in [-0.05, 0) is 15.9 Å². The number of hydrogen-bond donors (Lipinski definition) is 0. The average Bonchev–Trinajstić information content (AvgIpc) is 2.53. The van der Waals surface area contributed by atoms with Crippen LogP contribution in [0.3, 0.4) is 0 Å². The van der Waals surface area contributed by atoms with E-state index in [1.807, 2.05) is 30.3 Å². The van der Waals surface area contributed by atoms with Crippen LogP contribution in [0, 0.1) is 6.26 Å². The maximum absolute atomic E-state index is 5.18. The molecule has 2 rings (SSSR count). The SMILES string of the molecule is Brc1c[c]oc1-c1ccccc1. The summed E-state index contributed by atoms with van der Waals surface area (Å²) >= 11 is 3.38. The van der Waals surface area contributed by atoms with Crippen molar-refractivity contribution in [2.24, 2.45) is 0 Å². The van der Waals surface area contributed by atoms with Crippen LogP contribution in [-0.2, 0) is 0 Å². The highest BCUT2D eigenvalue weighted by Crippen LogP contribution is 2.28. The number of furan rings is 1. The minimum atomic E-state index is 0.829. The summed E-state index contributed by atoms with van der Waals surface area (Å²) in [6.07, 6.45) is 2.67. The Balaban J connectivity index is 2.51. The molecule has 0 aliphatic heterocycles. The monoisotopic (exact) mass is 221 g/mol. The molecule has 2 aromatic rings. The first-order valence-electron chi connectivity index (χ1n) is 3.59. The van der Waals surface area contributed by atoms with E-state index in [0.29, 0.717) is 0 Å². The Morgan fingerprint density at radius 2 is 1.92 bits per heavy atom. The predicted octanol–water partition coefficient (Wildman–Crippen LogP) is 3.51. The third-order valence-electron chi connectivity index (χ3n) is 1.60. The van der Waals surface area contributed by atoms with Crippen LogP contribution in [0.2, 0.25) is 0 Å². The molecule has 0 N–H and O–H groups in total. The zero-order chi connectivity index (χ0) is 8.39. The van der Waals surface area contributed by atoms with Crippen molar-refractivity contribution in [3.63, 3.8) is 0 Å². The molecule has 0 saturated heterocycles. The van der Waals surface area contributed by atoms with Crippen molar-refractivity contribution in [3.8, 4) is 11.3 Å². The van der Waals surface area contributed by atoms with E-state index in [1.165, 1.54) is 0 Å². The Morgan fingerprint density at radius 3 is 2.50 bits per heavy atom. The van der Waals surface area contributed by atoms with E-state index in [9.17, 15) is 0 Å². The van der Waals surface area contributed by atoms with E-state index in [-0.39, 0.29) is 0 Å². The summed E-state index contributed by atoms with van der Waals surface area (Å²) in [6, 6.07) is 11.7. The second kappa shape index (κ2) is 3.15. The molecule has 0 bridgehead atoms. The lowest BCUT2D eigenvalue weighted by Gasteiger charge is -1.95. The van der Waals surface area contributed by atoms with E-state index in [1.54, 1.807) is 6.07 Å². The van der Waals surface area contributed by atoms with Crippen molar-refractivity contribution in [2.45, 2.75) is 0 Å². The van der Waals surface area contributed by atoms with Gasteiger partial charge in [-0.25, -0.2) is 0 Å². The fourth-order valence-electron chi connectivity index (χ4n) is 1.04. The van der Waals surface area contributed by atoms with Crippen molar-refractivity contribution in [3.05, 3.63) is 47.1 Å². The average molecular weight is 222 g/mol. The molecule has 0 saturated carbocycles. The Bertz CT molecular complexity index is 364. The number of rotatable bonds is 1. The molecule has 1 heterocycles. The lowest BCUT2D eigenvalue weighted by Crippen LogP contribution is -1.71. The van der Waals surface area contributed by atoms with Gasteiger partial charge in [-0.2, -0.15) is 0 Å². The quantitative estimate of drug-likeness (QED) is 0.719. The summed E-state index contributed by atoms with van der Waals surface area (Å²) in [5, 5.41) is 0. The smallest absolute Gasteiger partial charge is 0.171 e. The largest absolute Gasteiger partial charge is 0.452 e. The van der Waals surface area contributed by atoms with Gasteiger partial charge in [-0.3, -0.25) is 0 Å². The molecule has 0 aliphatic carbocycles. The second-order valence-electron chi connectivity index (χ2n) is 2.41. The molecular formula is C10H6BrO. The van der Waals surface area contributed by atoms with Crippen LogP contribution in [0.4, 0.5) is 0 Å². The van der Waals surface area contributed by atoms with Gasteiger partial charge in [-0.1, -0.05) is 30.3 Å². The summed E-state index contributed by atoms with van der Waals surface area (Å²) in [5.41, 5.74) is 1.06. The molecule has 59 valence electrons. The summed E-state index contributed by atoms with van der Waals surface area (Å²) < 4.78 is 6.12. The summed E-state index contributed by atoms with van der Waals surface area (Å²) in [4.78, 5) is 0. The first-order chi connectivity index (χ1) is 5.88. The van der Waals surface area contributed by atoms with Gasteiger partial charge in [0.25, 0.3) is 0 Å². The Kier molecular flexibility index (Phi) is 2.00. The van der Waals surface area contributed by atoms with E-state index >= 15 is 0 Å². The molecule has 0 amide bonds. The van der Waals surface area contributed by atoms with Gasteiger partial charge >= 0.3 is 0 Å². The zero-order valence-corrected chi connectivity index (χ0v) is 7.84. The fourth-order valence-corrected chi connectivity index (χ4v) is 1.44. The molecule has 0 atom stereocenters. The first-order valence-corrected chi connectivity index (χ1v) is 4.38. The lowest BCUT2D eigenvalue weighted by atomic mass is 10.2. The minimum Gasteiger partial charge on any atom is -0.452 e. The Labute approximate surface area is 79.2 Å². The van der Waals surface area contributed by atoms with Crippen LogP contribution in [0.15, 0.2) is 45.3 Å². The number of benzene rings is 1. The molecule has 0 fully saturated rings. The van der Waals surface area contributed by atoms with Gasteiger partial charge in [0.1, 0.15) is 5.76 Å². The topological polar surface area (TPSA) is 13.1 Å². The van der Waals surface area contributed by atoms with E-state index in [4.69, 9.17) is 4.42 Å². The van der Waals surface area contributed by atoms with E-state index in [2.05, 4.69) is 22.2 Å². The van der Waals surface area contributed by atoms with Crippen LogP contribution in [-0.4, -0.2) is 0 Å².